The number of benzene rings is 1. The van der Waals surface area contributed by atoms with Crippen molar-refractivity contribution in [2.24, 2.45) is 7.05 Å². The third-order valence-electron chi connectivity index (χ3n) is 4.32. The molecule has 0 radical (unpaired) electrons. The zero-order chi connectivity index (χ0) is 16.2. The normalized spacial score (nSPS) is 15.3. The van der Waals surface area contributed by atoms with E-state index in [1.165, 1.54) is 24.9 Å². The highest BCUT2D eigenvalue weighted by Crippen LogP contribution is 2.20. The number of rotatable bonds is 4. The fraction of sp³-hybridized carbons (Fsp3) is 0.368. The van der Waals surface area contributed by atoms with Crippen molar-refractivity contribution in [3.05, 3.63) is 53.4 Å². The van der Waals surface area contributed by atoms with Crippen molar-refractivity contribution in [1.29, 1.82) is 0 Å². The summed E-state index contributed by atoms with van der Waals surface area (Å²) in [6.45, 7) is 4.18. The summed E-state index contributed by atoms with van der Waals surface area (Å²) in [6, 6.07) is 9.92. The standard InChI is InChI=1S/C19H23N3O/c1-15-14-18(21(2)20-15)10-11-19(23)16-6-8-17(9-7-16)22-12-4-3-5-13-22/h6-11,14H,3-5,12-13H2,1-2H3/b11-10+. The molecule has 0 spiro atoms. The van der Waals surface area contributed by atoms with E-state index in [-0.39, 0.29) is 5.78 Å². The van der Waals surface area contributed by atoms with Crippen LogP contribution in [-0.2, 0) is 7.05 Å². The Balaban J connectivity index is 1.69. The molecule has 0 saturated carbocycles. The molecule has 1 fully saturated rings. The Bertz CT molecular complexity index is 707. The van der Waals surface area contributed by atoms with Gasteiger partial charge >= 0.3 is 0 Å². The molecule has 0 N–H and O–H groups in total. The Hall–Kier alpha value is -2.36. The Morgan fingerprint density at radius 1 is 1.13 bits per heavy atom. The molecule has 0 atom stereocenters. The highest BCUT2D eigenvalue weighted by molar-refractivity contribution is 6.06. The number of anilines is 1. The molecule has 1 aromatic heterocycles. The van der Waals surface area contributed by atoms with E-state index in [9.17, 15) is 4.79 Å². The molecule has 0 bridgehead atoms. The molecule has 1 saturated heterocycles. The lowest BCUT2D eigenvalue weighted by Gasteiger charge is -2.28. The number of piperidine rings is 1. The SMILES string of the molecule is Cc1cc(/C=C/C(=O)c2ccc(N3CCCCC3)cc2)n(C)n1. The lowest BCUT2D eigenvalue weighted by molar-refractivity contribution is 0.104. The lowest BCUT2D eigenvalue weighted by atomic mass is 10.1. The van der Waals surface area contributed by atoms with Crippen LogP contribution in [0.5, 0.6) is 0 Å². The lowest BCUT2D eigenvalue weighted by Crippen LogP contribution is -2.29. The molecular formula is C19H23N3O. The molecule has 120 valence electrons. The van der Waals surface area contributed by atoms with Gasteiger partial charge in [0, 0.05) is 31.4 Å². The van der Waals surface area contributed by atoms with Crippen LogP contribution in [0, 0.1) is 6.92 Å². The van der Waals surface area contributed by atoms with Gasteiger partial charge in [-0.1, -0.05) is 0 Å². The van der Waals surface area contributed by atoms with Gasteiger partial charge in [0.1, 0.15) is 0 Å². The molecule has 0 unspecified atom stereocenters. The van der Waals surface area contributed by atoms with Gasteiger partial charge in [0.15, 0.2) is 5.78 Å². The van der Waals surface area contributed by atoms with E-state index in [1.807, 2.05) is 38.2 Å². The summed E-state index contributed by atoms with van der Waals surface area (Å²) in [6.07, 6.45) is 7.28. The van der Waals surface area contributed by atoms with E-state index < -0.39 is 0 Å². The smallest absolute Gasteiger partial charge is 0.185 e. The third-order valence-corrected chi connectivity index (χ3v) is 4.32. The van der Waals surface area contributed by atoms with E-state index in [1.54, 1.807) is 10.8 Å². The van der Waals surface area contributed by atoms with Crippen molar-refractivity contribution in [1.82, 2.24) is 9.78 Å². The fourth-order valence-electron chi connectivity index (χ4n) is 3.03. The molecule has 1 aliphatic heterocycles. The van der Waals surface area contributed by atoms with Crippen LogP contribution in [0.15, 0.2) is 36.4 Å². The number of aromatic nitrogens is 2. The highest BCUT2D eigenvalue weighted by Gasteiger charge is 2.11. The third kappa shape index (κ3) is 3.70. The van der Waals surface area contributed by atoms with E-state index in [4.69, 9.17) is 0 Å². The largest absolute Gasteiger partial charge is 0.372 e. The van der Waals surface area contributed by atoms with Crippen molar-refractivity contribution < 1.29 is 4.79 Å². The summed E-state index contributed by atoms with van der Waals surface area (Å²) in [7, 11) is 1.88. The van der Waals surface area contributed by atoms with Gasteiger partial charge in [-0.2, -0.15) is 5.10 Å². The Morgan fingerprint density at radius 2 is 1.83 bits per heavy atom. The molecule has 4 heteroatoms. The number of carbonyl (C=O) groups is 1. The van der Waals surface area contributed by atoms with E-state index in [0.29, 0.717) is 0 Å². The Labute approximate surface area is 137 Å². The first-order valence-corrected chi connectivity index (χ1v) is 8.21. The van der Waals surface area contributed by atoms with Crippen LogP contribution >= 0.6 is 0 Å². The van der Waals surface area contributed by atoms with Crippen LogP contribution in [0.4, 0.5) is 5.69 Å². The van der Waals surface area contributed by atoms with Crippen LogP contribution in [0.2, 0.25) is 0 Å². The van der Waals surface area contributed by atoms with Gasteiger partial charge < -0.3 is 4.90 Å². The molecule has 1 aromatic carbocycles. The molecule has 0 amide bonds. The summed E-state index contributed by atoms with van der Waals surface area (Å²) in [5.41, 5.74) is 3.82. The first-order chi connectivity index (χ1) is 11.1. The maximum absolute atomic E-state index is 12.3. The number of ketones is 1. The first kappa shape index (κ1) is 15.5. The van der Waals surface area contributed by atoms with E-state index >= 15 is 0 Å². The molecule has 2 heterocycles. The molecule has 0 aliphatic carbocycles. The van der Waals surface area contributed by atoms with Crippen molar-refractivity contribution in [3.63, 3.8) is 0 Å². The van der Waals surface area contributed by atoms with Crippen molar-refractivity contribution in [3.8, 4) is 0 Å². The molecule has 23 heavy (non-hydrogen) atoms. The summed E-state index contributed by atoms with van der Waals surface area (Å²) < 4.78 is 1.78. The van der Waals surface area contributed by atoms with Crippen molar-refractivity contribution in [2.45, 2.75) is 26.2 Å². The minimum Gasteiger partial charge on any atom is -0.372 e. The second-order valence-corrected chi connectivity index (χ2v) is 6.13. The van der Waals surface area contributed by atoms with Gasteiger partial charge in [-0.15, -0.1) is 0 Å². The number of carbonyl (C=O) groups excluding carboxylic acids is 1. The summed E-state index contributed by atoms with van der Waals surface area (Å²) in [5, 5.41) is 4.27. The van der Waals surface area contributed by atoms with Gasteiger partial charge in [0.2, 0.25) is 0 Å². The Kier molecular flexibility index (Phi) is 4.60. The average molecular weight is 309 g/mol. The number of nitrogens with zero attached hydrogens (tertiary/aromatic N) is 3. The van der Waals surface area contributed by atoms with Gasteiger partial charge in [0.25, 0.3) is 0 Å². The van der Waals surface area contributed by atoms with Crippen LogP contribution in [-0.4, -0.2) is 28.7 Å². The fourth-order valence-corrected chi connectivity index (χ4v) is 3.03. The number of hydrogen-bond acceptors (Lipinski definition) is 3. The zero-order valence-electron chi connectivity index (χ0n) is 13.8. The predicted octanol–water partition coefficient (Wildman–Crippen LogP) is 3.61. The predicted molar refractivity (Wildman–Crippen MR) is 93.8 cm³/mol. The maximum Gasteiger partial charge on any atom is 0.185 e. The summed E-state index contributed by atoms with van der Waals surface area (Å²) in [5.74, 6) is 0.0223. The van der Waals surface area contributed by atoms with E-state index in [2.05, 4.69) is 22.1 Å². The van der Waals surface area contributed by atoms with Gasteiger partial charge in [-0.25, -0.2) is 0 Å². The minimum absolute atomic E-state index is 0.0223. The highest BCUT2D eigenvalue weighted by atomic mass is 16.1. The number of aryl methyl sites for hydroxylation is 2. The summed E-state index contributed by atoms with van der Waals surface area (Å²) >= 11 is 0. The maximum atomic E-state index is 12.3. The quantitative estimate of drug-likeness (QED) is 0.639. The second-order valence-electron chi connectivity index (χ2n) is 6.13. The first-order valence-electron chi connectivity index (χ1n) is 8.21. The zero-order valence-corrected chi connectivity index (χ0v) is 13.8. The van der Waals surface area contributed by atoms with Gasteiger partial charge in [-0.3, -0.25) is 9.48 Å². The van der Waals surface area contributed by atoms with Gasteiger partial charge in [-0.05, 0) is 68.7 Å². The molecule has 3 rings (SSSR count). The van der Waals surface area contributed by atoms with Crippen LogP contribution in [0.25, 0.3) is 6.08 Å². The summed E-state index contributed by atoms with van der Waals surface area (Å²) in [4.78, 5) is 14.7. The Morgan fingerprint density at radius 3 is 2.43 bits per heavy atom. The van der Waals surface area contributed by atoms with Gasteiger partial charge in [0.05, 0.1) is 11.4 Å². The van der Waals surface area contributed by atoms with E-state index in [0.717, 1.165) is 30.0 Å². The average Bonchev–Trinajstić information content (AvgIpc) is 2.91. The second kappa shape index (κ2) is 6.82. The molecular weight excluding hydrogens is 286 g/mol. The van der Waals surface area contributed by atoms with Crippen LogP contribution in [0.1, 0.15) is 41.0 Å². The van der Waals surface area contributed by atoms with Crippen LogP contribution in [0.3, 0.4) is 0 Å². The number of hydrogen-bond donors (Lipinski definition) is 0. The van der Waals surface area contributed by atoms with Crippen LogP contribution < -0.4 is 4.90 Å². The molecule has 2 aromatic rings. The monoisotopic (exact) mass is 309 g/mol. The molecule has 4 nitrogen and oxygen atoms in total. The van der Waals surface area contributed by atoms with Crippen molar-refractivity contribution in [2.75, 3.05) is 18.0 Å². The topological polar surface area (TPSA) is 38.1 Å². The molecule has 1 aliphatic rings. The minimum atomic E-state index is 0.0223. The van der Waals surface area contributed by atoms with Crippen molar-refractivity contribution >= 4 is 17.5 Å². The number of allylic oxidation sites excluding steroid dienone is 1.